The lowest BCUT2D eigenvalue weighted by molar-refractivity contribution is -0.0553. The Morgan fingerprint density at radius 2 is 1.57 bits per heavy atom. The summed E-state index contributed by atoms with van der Waals surface area (Å²) in [5.74, 6) is -0.824. The first kappa shape index (κ1) is 24.1. The molecular weight excluding hydrogens is 470 g/mol. The molecule has 35 heavy (non-hydrogen) atoms. The van der Waals surface area contributed by atoms with Crippen LogP contribution in [-0.4, -0.2) is 61.1 Å². The van der Waals surface area contributed by atoms with Crippen LogP contribution < -0.4 is 0 Å². The number of halogens is 2. The predicted molar refractivity (Wildman–Crippen MR) is 130 cm³/mol. The molecule has 8 heteroatoms. The van der Waals surface area contributed by atoms with Crippen LogP contribution in [0.3, 0.4) is 0 Å². The summed E-state index contributed by atoms with van der Waals surface area (Å²) in [4.78, 5) is 2.27. The molecule has 0 spiro atoms. The fourth-order valence-electron chi connectivity index (χ4n) is 5.46. The van der Waals surface area contributed by atoms with Crippen molar-refractivity contribution >= 4 is 10.0 Å². The van der Waals surface area contributed by atoms with Crippen molar-refractivity contribution in [2.75, 3.05) is 26.2 Å². The van der Waals surface area contributed by atoms with Gasteiger partial charge in [0.15, 0.2) is 0 Å². The summed E-state index contributed by atoms with van der Waals surface area (Å²) in [6, 6.07) is 19.0. The molecule has 5 rings (SSSR count). The van der Waals surface area contributed by atoms with Gasteiger partial charge >= 0.3 is 0 Å². The van der Waals surface area contributed by atoms with Crippen molar-refractivity contribution < 1.29 is 22.3 Å². The Labute approximate surface area is 204 Å². The number of benzene rings is 3. The number of aliphatic hydroxyl groups is 1. The standard InChI is InChI=1S/C27H28F2N2O3S/c28-21-11-13-22(14-12-21)35(33,34)30-15-3-4-16-31-25(17-30)27(26(31)18-32)20-9-7-19(8-10-20)23-5-1-2-6-24(23)29/h1-2,5-14,25-27,32H,3-4,15-18H2/t25-,26+,27+/m0/s1. The van der Waals surface area contributed by atoms with Gasteiger partial charge in [0.2, 0.25) is 10.0 Å². The highest BCUT2D eigenvalue weighted by Crippen LogP contribution is 2.43. The SMILES string of the molecule is O=S(=O)(c1ccc(F)cc1)N1CCCCN2[C@H](CO)[C@H](c3ccc(-c4ccccc4F)cc3)[C@@H]2C1. The van der Waals surface area contributed by atoms with E-state index < -0.39 is 15.8 Å². The van der Waals surface area contributed by atoms with E-state index in [0.717, 1.165) is 36.2 Å². The summed E-state index contributed by atoms with van der Waals surface area (Å²) in [5, 5.41) is 10.2. The van der Waals surface area contributed by atoms with Crippen molar-refractivity contribution in [3.05, 3.63) is 90.0 Å². The first-order valence-corrected chi connectivity index (χ1v) is 13.3. The molecule has 2 saturated heterocycles. The second-order valence-corrected chi connectivity index (χ2v) is 11.1. The summed E-state index contributed by atoms with van der Waals surface area (Å²) < 4.78 is 55.8. The van der Waals surface area contributed by atoms with Crippen molar-refractivity contribution in [1.82, 2.24) is 9.21 Å². The molecule has 0 aromatic heterocycles. The van der Waals surface area contributed by atoms with E-state index in [1.165, 1.54) is 22.5 Å². The molecule has 5 nitrogen and oxygen atoms in total. The van der Waals surface area contributed by atoms with Crippen LogP contribution in [0.15, 0.2) is 77.7 Å². The summed E-state index contributed by atoms with van der Waals surface area (Å²) in [5.41, 5.74) is 2.28. The molecular formula is C27H28F2N2O3S. The smallest absolute Gasteiger partial charge is 0.243 e. The zero-order valence-corrected chi connectivity index (χ0v) is 20.0. The molecule has 1 N–H and O–H groups in total. The maximum Gasteiger partial charge on any atom is 0.243 e. The van der Waals surface area contributed by atoms with Crippen LogP contribution in [0, 0.1) is 11.6 Å². The summed E-state index contributed by atoms with van der Waals surface area (Å²) >= 11 is 0. The Bertz CT molecular complexity index is 1280. The maximum atomic E-state index is 14.2. The van der Waals surface area contributed by atoms with Crippen LogP contribution in [0.1, 0.15) is 24.3 Å². The van der Waals surface area contributed by atoms with Gasteiger partial charge in [0.25, 0.3) is 0 Å². The Kier molecular flexibility index (Phi) is 6.72. The van der Waals surface area contributed by atoms with Crippen molar-refractivity contribution in [3.8, 4) is 11.1 Å². The van der Waals surface area contributed by atoms with Gasteiger partial charge in [-0.25, -0.2) is 17.2 Å². The lowest BCUT2D eigenvalue weighted by atomic mass is 9.74. The van der Waals surface area contributed by atoms with Crippen LogP contribution in [0.2, 0.25) is 0 Å². The molecule has 0 saturated carbocycles. The zero-order chi connectivity index (χ0) is 24.6. The molecule has 3 aromatic rings. The quantitative estimate of drug-likeness (QED) is 0.572. The van der Waals surface area contributed by atoms with Crippen molar-refractivity contribution in [2.24, 2.45) is 0 Å². The van der Waals surface area contributed by atoms with Crippen molar-refractivity contribution in [1.29, 1.82) is 0 Å². The Morgan fingerprint density at radius 3 is 2.26 bits per heavy atom. The van der Waals surface area contributed by atoms with Gasteiger partial charge in [0.05, 0.1) is 11.5 Å². The fourth-order valence-corrected chi connectivity index (χ4v) is 6.96. The Hall–Kier alpha value is -2.65. The van der Waals surface area contributed by atoms with E-state index in [-0.39, 0.29) is 41.9 Å². The molecule has 0 unspecified atom stereocenters. The third-order valence-electron chi connectivity index (χ3n) is 7.26. The van der Waals surface area contributed by atoms with Gasteiger partial charge in [-0.1, -0.05) is 42.5 Å². The van der Waals surface area contributed by atoms with Gasteiger partial charge in [-0.15, -0.1) is 0 Å². The number of hydrogen-bond donors (Lipinski definition) is 1. The van der Waals surface area contributed by atoms with E-state index in [9.17, 15) is 22.3 Å². The largest absolute Gasteiger partial charge is 0.395 e. The average Bonchev–Trinajstić information content (AvgIpc) is 2.84. The Balaban J connectivity index is 1.43. The highest BCUT2D eigenvalue weighted by atomic mass is 32.2. The second-order valence-electron chi connectivity index (χ2n) is 9.21. The molecule has 184 valence electrons. The summed E-state index contributed by atoms with van der Waals surface area (Å²) in [6.45, 7) is 1.45. The predicted octanol–water partition coefficient (Wildman–Crippen LogP) is 4.25. The molecule has 2 aliphatic rings. The topological polar surface area (TPSA) is 60.9 Å². The molecule has 2 heterocycles. The van der Waals surface area contributed by atoms with Crippen LogP contribution >= 0.6 is 0 Å². The minimum absolute atomic E-state index is 0.0268. The molecule has 0 amide bonds. The number of nitrogens with zero attached hydrogens (tertiary/aromatic N) is 2. The third-order valence-corrected chi connectivity index (χ3v) is 9.14. The first-order valence-electron chi connectivity index (χ1n) is 11.9. The number of fused-ring (bicyclic) bond motifs is 1. The van der Waals surface area contributed by atoms with Crippen LogP contribution in [0.5, 0.6) is 0 Å². The summed E-state index contributed by atoms with van der Waals surface area (Å²) in [6.07, 6.45) is 1.53. The van der Waals surface area contributed by atoms with Gasteiger partial charge in [-0.3, -0.25) is 4.90 Å². The number of sulfonamides is 1. The zero-order valence-electron chi connectivity index (χ0n) is 19.2. The van der Waals surface area contributed by atoms with Crippen LogP contribution in [-0.2, 0) is 10.0 Å². The fraction of sp³-hybridized carbons (Fsp3) is 0.333. The number of hydrogen-bond acceptors (Lipinski definition) is 4. The minimum atomic E-state index is -3.78. The van der Waals surface area contributed by atoms with Crippen LogP contribution in [0.25, 0.3) is 11.1 Å². The number of aliphatic hydroxyl groups excluding tert-OH is 1. The van der Waals surface area contributed by atoms with E-state index in [4.69, 9.17) is 0 Å². The lowest BCUT2D eigenvalue weighted by Gasteiger charge is -2.57. The maximum absolute atomic E-state index is 14.2. The van der Waals surface area contributed by atoms with Crippen molar-refractivity contribution in [3.63, 3.8) is 0 Å². The van der Waals surface area contributed by atoms with Gasteiger partial charge in [-0.2, -0.15) is 4.31 Å². The van der Waals surface area contributed by atoms with Gasteiger partial charge in [0.1, 0.15) is 11.6 Å². The second kappa shape index (κ2) is 9.78. The monoisotopic (exact) mass is 498 g/mol. The normalized spacial score (nSPS) is 23.7. The van der Waals surface area contributed by atoms with Crippen LogP contribution in [0.4, 0.5) is 8.78 Å². The highest BCUT2D eigenvalue weighted by molar-refractivity contribution is 7.89. The molecule has 0 radical (unpaired) electrons. The molecule has 0 bridgehead atoms. The van der Waals surface area contributed by atoms with E-state index in [0.29, 0.717) is 18.5 Å². The molecule has 2 fully saturated rings. The molecule has 3 aromatic carbocycles. The Morgan fingerprint density at radius 1 is 0.886 bits per heavy atom. The van der Waals surface area contributed by atoms with E-state index in [1.807, 2.05) is 24.3 Å². The van der Waals surface area contributed by atoms with E-state index in [2.05, 4.69) is 4.90 Å². The van der Waals surface area contributed by atoms with Gasteiger partial charge in [0, 0.05) is 36.7 Å². The van der Waals surface area contributed by atoms with E-state index >= 15 is 0 Å². The van der Waals surface area contributed by atoms with Crippen molar-refractivity contribution in [2.45, 2.75) is 35.7 Å². The molecule has 2 aliphatic heterocycles. The van der Waals surface area contributed by atoms with E-state index in [1.54, 1.807) is 18.2 Å². The van der Waals surface area contributed by atoms with Gasteiger partial charge in [-0.05, 0) is 60.8 Å². The average molecular weight is 499 g/mol. The summed E-state index contributed by atoms with van der Waals surface area (Å²) in [7, 11) is -3.78. The molecule has 0 aliphatic carbocycles. The third kappa shape index (κ3) is 4.51. The first-order chi connectivity index (χ1) is 16.9. The number of rotatable bonds is 5. The highest BCUT2D eigenvalue weighted by Gasteiger charge is 2.50. The lowest BCUT2D eigenvalue weighted by Crippen LogP contribution is -2.67. The molecule has 3 atom stereocenters. The van der Waals surface area contributed by atoms with Gasteiger partial charge < -0.3 is 5.11 Å². The minimum Gasteiger partial charge on any atom is -0.395 e.